The van der Waals surface area contributed by atoms with Crippen molar-refractivity contribution < 1.29 is 33.3 Å². The summed E-state index contributed by atoms with van der Waals surface area (Å²) >= 11 is 1.22. The fourth-order valence-corrected chi connectivity index (χ4v) is 5.55. The number of aliphatic hydroxyl groups excluding tert-OH is 1. The lowest BCUT2D eigenvalue weighted by Crippen LogP contribution is -2.29. The average molecular weight is 563 g/mol. The van der Waals surface area contributed by atoms with Crippen molar-refractivity contribution in [3.05, 3.63) is 83.2 Å². The molecule has 1 aliphatic rings. The van der Waals surface area contributed by atoms with E-state index in [1.165, 1.54) is 47.6 Å². The molecule has 0 bridgehead atoms. The quantitative estimate of drug-likeness (QED) is 0.111. The summed E-state index contributed by atoms with van der Waals surface area (Å²) in [6.45, 7) is 2.57. The number of methoxy groups -OCH3 is 2. The van der Waals surface area contributed by atoms with Crippen LogP contribution in [-0.4, -0.2) is 42.6 Å². The van der Waals surface area contributed by atoms with E-state index in [-0.39, 0.29) is 16.3 Å². The van der Waals surface area contributed by atoms with Crippen LogP contribution in [0.1, 0.15) is 36.9 Å². The number of Topliss-reactive ketones (excluding diaryl/α,β-unsaturated/α-hetero) is 1. The summed E-state index contributed by atoms with van der Waals surface area (Å²) in [5, 5.41) is 11.6. The molecule has 1 fully saturated rings. The SMILES string of the molecule is CCCCOc1ccc(C2C(=C(O)c3ccc(F)cc3)C(=O)C(=O)N2c2nc3ccc(OC)cc3s2)cc1OC. The van der Waals surface area contributed by atoms with E-state index in [0.29, 0.717) is 34.9 Å². The van der Waals surface area contributed by atoms with Gasteiger partial charge in [-0.2, -0.15) is 0 Å². The van der Waals surface area contributed by atoms with E-state index in [9.17, 15) is 19.1 Å². The van der Waals surface area contributed by atoms with E-state index in [1.807, 2.05) is 0 Å². The summed E-state index contributed by atoms with van der Waals surface area (Å²) in [6, 6.07) is 14.5. The van der Waals surface area contributed by atoms with Gasteiger partial charge in [-0.3, -0.25) is 14.5 Å². The summed E-state index contributed by atoms with van der Waals surface area (Å²) in [4.78, 5) is 32.9. The number of aliphatic hydroxyl groups is 1. The molecule has 1 unspecified atom stereocenters. The molecule has 0 radical (unpaired) electrons. The summed E-state index contributed by atoms with van der Waals surface area (Å²) < 4.78 is 31.1. The molecule has 10 heteroatoms. The highest BCUT2D eigenvalue weighted by Gasteiger charge is 2.48. The zero-order chi connectivity index (χ0) is 28.4. The number of hydrogen-bond acceptors (Lipinski definition) is 8. The lowest BCUT2D eigenvalue weighted by Gasteiger charge is -2.24. The standard InChI is InChI=1S/C30H27FN2O6S/c1-4-5-14-39-22-13-8-18(15-23(22)38-3)26-25(27(34)17-6-9-19(31)10-7-17)28(35)29(36)33(26)30-32-21-12-11-20(37-2)16-24(21)40-30/h6-13,15-16,26,34H,4-5,14H2,1-3H3. The Balaban J connectivity index is 1.68. The number of carbonyl (C=O) groups is 2. The van der Waals surface area contributed by atoms with Gasteiger partial charge in [0.15, 0.2) is 16.6 Å². The third-order valence-electron chi connectivity index (χ3n) is 6.61. The van der Waals surface area contributed by atoms with Crippen molar-refractivity contribution >= 4 is 44.1 Å². The predicted octanol–water partition coefficient (Wildman–Crippen LogP) is 6.26. The van der Waals surface area contributed by atoms with Gasteiger partial charge in [-0.15, -0.1) is 0 Å². The Kier molecular flexibility index (Phi) is 7.70. The highest BCUT2D eigenvalue weighted by atomic mass is 32.1. The lowest BCUT2D eigenvalue weighted by molar-refractivity contribution is -0.132. The molecule has 8 nitrogen and oxygen atoms in total. The molecule has 2 heterocycles. The molecule has 1 aliphatic heterocycles. The Morgan fingerprint density at radius 3 is 2.50 bits per heavy atom. The minimum atomic E-state index is -1.04. The third kappa shape index (κ3) is 4.98. The zero-order valence-electron chi connectivity index (χ0n) is 22.1. The molecule has 1 saturated heterocycles. The number of ketones is 1. The average Bonchev–Trinajstić information content (AvgIpc) is 3.50. The first-order valence-corrected chi connectivity index (χ1v) is 13.5. The van der Waals surface area contributed by atoms with Gasteiger partial charge in [-0.05, 0) is 66.6 Å². The second-order valence-corrected chi connectivity index (χ2v) is 10.1. The van der Waals surface area contributed by atoms with E-state index >= 15 is 0 Å². The Morgan fingerprint density at radius 1 is 1.02 bits per heavy atom. The number of halogens is 1. The lowest BCUT2D eigenvalue weighted by atomic mass is 9.95. The Morgan fingerprint density at radius 2 is 1.80 bits per heavy atom. The van der Waals surface area contributed by atoms with Gasteiger partial charge in [0.05, 0.1) is 42.7 Å². The molecule has 1 N–H and O–H groups in total. The summed E-state index contributed by atoms with van der Waals surface area (Å²) in [5.74, 6) is -1.09. The van der Waals surface area contributed by atoms with Crippen LogP contribution < -0.4 is 19.1 Å². The molecule has 0 saturated carbocycles. The number of thiazole rings is 1. The molecular weight excluding hydrogens is 535 g/mol. The number of carbonyl (C=O) groups excluding carboxylic acids is 2. The Labute approximate surface area is 234 Å². The van der Waals surface area contributed by atoms with E-state index in [2.05, 4.69) is 11.9 Å². The summed E-state index contributed by atoms with van der Waals surface area (Å²) in [6.07, 6.45) is 1.83. The minimum Gasteiger partial charge on any atom is -0.507 e. The number of benzene rings is 3. The fourth-order valence-electron chi connectivity index (χ4n) is 4.53. The minimum absolute atomic E-state index is 0.143. The van der Waals surface area contributed by atoms with Gasteiger partial charge >= 0.3 is 5.91 Å². The van der Waals surface area contributed by atoms with Crippen molar-refractivity contribution in [2.75, 3.05) is 25.7 Å². The Hall–Kier alpha value is -4.44. The normalized spacial score (nSPS) is 16.5. The number of rotatable bonds is 9. The Bertz CT molecular complexity index is 1610. The molecule has 1 atom stereocenters. The number of fused-ring (bicyclic) bond motifs is 1. The monoisotopic (exact) mass is 562 g/mol. The maximum Gasteiger partial charge on any atom is 0.301 e. The number of unbranched alkanes of at least 4 members (excludes halogenated alkanes) is 1. The highest BCUT2D eigenvalue weighted by molar-refractivity contribution is 7.22. The molecule has 5 rings (SSSR count). The van der Waals surface area contributed by atoms with Gasteiger partial charge in [0.25, 0.3) is 5.78 Å². The van der Waals surface area contributed by atoms with Gasteiger partial charge in [0.1, 0.15) is 17.3 Å². The van der Waals surface area contributed by atoms with Crippen molar-refractivity contribution in [1.29, 1.82) is 0 Å². The van der Waals surface area contributed by atoms with Gasteiger partial charge in [-0.1, -0.05) is 30.7 Å². The van der Waals surface area contributed by atoms with E-state index in [4.69, 9.17) is 14.2 Å². The van der Waals surface area contributed by atoms with E-state index in [0.717, 1.165) is 17.5 Å². The number of hydrogen-bond donors (Lipinski definition) is 1. The van der Waals surface area contributed by atoms with E-state index < -0.39 is 29.3 Å². The molecule has 3 aromatic carbocycles. The first kappa shape index (κ1) is 27.1. The molecule has 40 heavy (non-hydrogen) atoms. The number of nitrogens with zero attached hydrogens (tertiary/aromatic N) is 2. The van der Waals surface area contributed by atoms with Crippen LogP contribution in [0.25, 0.3) is 16.0 Å². The highest BCUT2D eigenvalue weighted by Crippen LogP contribution is 2.46. The van der Waals surface area contributed by atoms with Crippen LogP contribution in [0.3, 0.4) is 0 Å². The predicted molar refractivity (Wildman–Crippen MR) is 151 cm³/mol. The molecule has 206 valence electrons. The number of amides is 1. The van der Waals surface area contributed by atoms with Crippen molar-refractivity contribution in [3.8, 4) is 17.2 Å². The van der Waals surface area contributed by atoms with Crippen LogP contribution in [0, 0.1) is 5.82 Å². The van der Waals surface area contributed by atoms with Crippen LogP contribution in [0.2, 0.25) is 0 Å². The van der Waals surface area contributed by atoms with Gasteiger partial charge in [0, 0.05) is 5.56 Å². The molecule has 1 amide bonds. The number of aromatic nitrogens is 1. The third-order valence-corrected chi connectivity index (χ3v) is 7.63. The van der Waals surface area contributed by atoms with Crippen molar-refractivity contribution in [2.24, 2.45) is 0 Å². The van der Waals surface area contributed by atoms with E-state index in [1.54, 1.807) is 43.5 Å². The largest absolute Gasteiger partial charge is 0.507 e. The van der Waals surface area contributed by atoms with Crippen LogP contribution >= 0.6 is 11.3 Å². The summed E-state index contributed by atoms with van der Waals surface area (Å²) in [7, 11) is 3.06. The second kappa shape index (κ2) is 11.4. The van der Waals surface area contributed by atoms with Crippen LogP contribution in [0.4, 0.5) is 9.52 Å². The van der Waals surface area contributed by atoms with Crippen molar-refractivity contribution in [2.45, 2.75) is 25.8 Å². The maximum absolute atomic E-state index is 13.6. The molecule has 0 spiro atoms. The second-order valence-electron chi connectivity index (χ2n) is 9.12. The van der Waals surface area contributed by atoms with Gasteiger partial charge in [-0.25, -0.2) is 9.37 Å². The van der Waals surface area contributed by atoms with Crippen LogP contribution in [0.5, 0.6) is 17.2 Å². The van der Waals surface area contributed by atoms with Crippen molar-refractivity contribution in [3.63, 3.8) is 0 Å². The molecule has 1 aromatic heterocycles. The van der Waals surface area contributed by atoms with Crippen LogP contribution in [-0.2, 0) is 9.59 Å². The molecule has 0 aliphatic carbocycles. The number of anilines is 1. The van der Waals surface area contributed by atoms with Crippen molar-refractivity contribution in [1.82, 2.24) is 4.98 Å². The molecule has 4 aromatic rings. The zero-order valence-corrected chi connectivity index (χ0v) is 23.0. The maximum atomic E-state index is 13.6. The van der Waals surface area contributed by atoms with Gasteiger partial charge in [0.2, 0.25) is 0 Å². The van der Waals surface area contributed by atoms with Crippen LogP contribution in [0.15, 0.2) is 66.2 Å². The summed E-state index contributed by atoms with van der Waals surface area (Å²) in [5.41, 5.74) is 1.18. The fraction of sp³-hybridized carbons (Fsp3) is 0.233. The first-order chi connectivity index (χ1) is 19.4. The molecular formula is C30H27FN2O6S. The number of ether oxygens (including phenoxy) is 3. The van der Waals surface area contributed by atoms with Gasteiger partial charge < -0.3 is 19.3 Å². The topological polar surface area (TPSA) is 98.2 Å². The first-order valence-electron chi connectivity index (χ1n) is 12.7. The smallest absolute Gasteiger partial charge is 0.301 e.